The van der Waals surface area contributed by atoms with E-state index in [4.69, 9.17) is 4.52 Å². The van der Waals surface area contributed by atoms with Crippen LogP contribution >= 0.6 is 0 Å². The summed E-state index contributed by atoms with van der Waals surface area (Å²) in [7, 11) is 1.85. The summed E-state index contributed by atoms with van der Waals surface area (Å²) >= 11 is 0. The highest BCUT2D eigenvalue weighted by molar-refractivity contribution is 5.91. The van der Waals surface area contributed by atoms with Gasteiger partial charge in [-0.15, -0.1) is 0 Å². The number of carbonyl (C=O) groups excluding carboxylic acids is 1. The number of carbonyl (C=O) groups is 1. The van der Waals surface area contributed by atoms with Crippen molar-refractivity contribution in [2.24, 2.45) is 7.05 Å². The molecule has 1 N–H and O–H groups in total. The molecule has 0 aromatic carbocycles. The van der Waals surface area contributed by atoms with Gasteiger partial charge in [0.1, 0.15) is 0 Å². The van der Waals surface area contributed by atoms with Gasteiger partial charge >= 0.3 is 0 Å². The Kier molecular flexibility index (Phi) is 3.45. The number of nitrogens with zero attached hydrogens (tertiary/aromatic N) is 3. The molecule has 96 valence electrons. The Balaban J connectivity index is 1.98. The van der Waals surface area contributed by atoms with Gasteiger partial charge in [-0.05, 0) is 19.4 Å². The van der Waals surface area contributed by atoms with Gasteiger partial charge < -0.3 is 9.84 Å². The SMILES string of the molecule is CCc1cc(C(=O)NCc2cc(C)nn2C)on1. The van der Waals surface area contributed by atoms with Crippen molar-refractivity contribution in [3.8, 4) is 0 Å². The van der Waals surface area contributed by atoms with E-state index in [1.165, 1.54) is 0 Å². The molecule has 18 heavy (non-hydrogen) atoms. The van der Waals surface area contributed by atoms with Gasteiger partial charge in [0.25, 0.3) is 5.91 Å². The van der Waals surface area contributed by atoms with Gasteiger partial charge in [-0.2, -0.15) is 5.10 Å². The molecule has 2 aromatic rings. The molecule has 6 nitrogen and oxygen atoms in total. The van der Waals surface area contributed by atoms with Crippen LogP contribution < -0.4 is 5.32 Å². The molecule has 0 atom stereocenters. The summed E-state index contributed by atoms with van der Waals surface area (Å²) in [6.45, 7) is 4.28. The monoisotopic (exact) mass is 248 g/mol. The average Bonchev–Trinajstić information content (AvgIpc) is 2.93. The second kappa shape index (κ2) is 5.03. The molecule has 6 heteroatoms. The predicted molar refractivity (Wildman–Crippen MR) is 65.0 cm³/mol. The molecular formula is C12H16N4O2. The molecule has 0 fully saturated rings. The third-order valence-electron chi connectivity index (χ3n) is 2.67. The van der Waals surface area contributed by atoms with Crippen molar-refractivity contribution >= 4 is 5.91 Å². The summed E-state index contributed by atoms with van der Waals surface area (Å²) in [5.74, 6) is -0.0215. The molecule has 1 amide bonds. The Morgan fingerprint density at radius 3 is 2.83 bits per heavy atom. The van der Waals surface area contributed by atoms with Gasteiger partial charge in [0, 0.05) is 13.1 Å². The van der Waals surface area contributed by atoms with Crippen molar-refractivity contribution < 1.29 is 9.32 Å². The fourth-order valence-corrected chi connectivity index (χ4v) is 1.67. The molecule has 0 saturated heterocycles. The van der Waals surface area contributed by atoms with E-state index >= 15 is 0 Å². The first kappa shape index (κ1) is 12.3. The number of nitrogens with one attached hydrogen (secondary N) is 1. The fraction of sp³-hybridized carbons (Fsp3) is 0.417. The molecule has 0 bridgehead atoms. The van der Waals surface area contributed by atoms with Gasteiger partial charge in [-0.25, -0.2) is 0 Å². The number of amides is 1. The molecule has 2 heterocycles. The molecular weight excluding hydrogens is 232 g/mol. The zero-order valence-electron chi connectivity index (χ0n) is 10.7. The van der Waals surface area contributed by atoms with Crippen molar-refractivity contribution in [3.05, 3.63) is 35.0 Å². The Hall–Kier alpha value is -2.11. The van der Waals surface area contributed by atoms with E-state index in [1.807, 2.05) is 27.0 Å². The molecule has 0 radical (unpaired) electrons. The van der Waals surface area contributed by atoms with Crippen LogP contribution in [0.5, 0.6) is 0 Å². The van der Waals surface area contributed by atoms with Crippen LogP contribution in [-0.2, 0) is 20.0 Å². The van der Waals surface area contributed by atoms with Gasteiger partial charge in [0.2, 0.25) is 5.76 Å². The van der Waals surface area contributed by atoms with Crippen LogP contribution in [-0.4, -0.2) is 20.8 Å². The Labute approximate surface area is 105 Å². The normalized spacial score (nSPS) is 10.6. The second-order valence-corrected chi connectivity index (χ2v) is 4.12. The van der Waals surface area contributed by atoms with Crippen molar-refractivity contribution in [2.75, 3.05) is 0 Å². The van der Waals surface area contributed by atoms with Crippen LogP contribution in [0.15, 0.2) is 16.7 Å². The maximum atomic E-state index is 11.8. The largest absolute Gasteiger partial charge is 0.351 e. The first-order valence-corrected chi connectivity index (χ1v) is 5.83. The van der Waals surface area contributed by atoms with E-state index in [9.17, 15) is 4.79 Å². The Morgan fingerprint density at radius 1 is 1.50 bits per heavy atom. The van der Waals surface area contributed by atoms with Crippen LogP contribution in [0.1, 0.15) is 34.6 Å². The van der Waals surface area contributed by atoms with E-state index in [-0.39, 0.29) is 11.7 Å². The summed E-state index contributed by atoms with van der Waals surface area (Å²) in [5, 5.41) is 10.8. The van der Waals surface area contributed by atoms with Crippen molar-refractivity contribution in [2.45, 2.75) is 26.8 Å². The Bertz CT molecular complexity index is 556. The molecule has 0 aliphatic carbocycles. The van der Waals surface area contributed by atoms with Gasteiger partial charge in [0.05, 0.1) is 23.6 Å². The van der Waals surface area contributed by atoms with Crippen molar-refractivity contribution in [1.29, 1.82) is 0 Å². The van der Waals surface area contributed by atoms with E-state index in [1.54, 1.807) is 10.7 Å². The fourth-order valence-electron chi connectivity index (χ4n) is 1.67. The first-order valence-electron chi connectivity index (χ1n) is 5.83. The lowest BCUT2D eigenvalue weighted by atomic mass is 10.3. The minimum absolute atomic E-state index is 0.241. The van der Waals surface area contributed by atoms with E-state index in [0.29, 0.717) is 6.54 Å². The van der Waals surface area contributed by atoms with Crippen LogP contribution in [0.25, 0.3) is 0 Å². The number of aryl methyl sites for hydroxylation is 3. The second-order valence-electron chi connectivity index (χ2n) is 4.12. The van der Waals surface area contributed by atoms with Gasteiger partial charge in [0.15, 0.2) is 0 Å². The lowest BCUT2D eigenvalue weighted by Crippen LogP contribution is -2.23. The first-order chi connectivity index (χ1) is 8.60. The third-order valence-corrected chi connectivity index (χ3v) is 2.67. The zero-order valence-corrected chi connectivity index (χ0v) is 10.7. The highest BCUT2D eigenvalue weighted by Crippen LogP contribution is 2.05. The number of hydrogen-bond donors (Lipinski definition) is 1. The summed E-state index contributed by atoms with van der Waals surface area (Å²) in [4.78, 5) is 11.8. The third kappa shape index (κ3) is 2.58. The molecule has 2 aromatic heterocycles. The minimum Gasteiger partial charge on any atom is -0.351 e. The van der Waals surface area contributed by atoms with Crippen LogP contribution in [0.4, 0.5) is 0 Å². The standard InChI is InChI=1S/C12H16N4O2/c1-4-9-6-11(18-15-9)12(17)13-7-10-5-8(2)14-16(10)3/h5-6H,4,7H2,1-3H3,(H,13,17). The van der Waals surface area contributed by atoms with Crippen molar-refractivity contribution in [3.63, 3.8) is 0 Å². The quantitative estimate of drug-likeness (QED) is 0.882. The van der Waals surface area contributed by atoms with Crippen LogP contribution in [0.3, 0.4) is 0 Å². The minimum atomic E-state index is -0.263. The molecule has 0 spiro atoms. The maximum absolute atomic E-state index is 11.8. The lowest BCUT2D eigenvalue weighted by molar-refractivity contribution is 0.0913. The topological polar surface area (TPSA) is 73.0 Å². The molecule has 0 aliphatic rings. The van der Waals surface area contributed by atoms with E-state index in [2.05, 4.69) is 15.6 Å². The summed E-state index contributed by atoms with van der Waals surface area (Å²) in [6, 6.07) is 3.59. The highest BCUT2D eigenvalue weighted by Gasteiger charge is 2.12. The average molecular weight is 248 g/mol. The molecule has 0 aliphatic heterocycles. The van der Waals surface area contributed by atoms with E-state index < -0.39 is 0 Å². The number of rotatable bonds is 4. The molecule has 0 saturated carbocycles. The zero-order chi connectivity index (χ0) is 13.1. The van der Waals surface area contributed by atoms with Crippen molar-refractivity contribution in [1.82, 2.24) is 20.3 Å². The predicted octanol–water partition coefficient (Wildman–Crippen LogP) is 1.21. The lowest BCUT2D eigenvalue weighted by Gasteiger charge is -2.02. The number of aromatic nitrogens is 3. The Morgan fingerprint density at radius 2 is 2.28 bits per heavy atom. The number of hydrogen-bond acceptors (Lipinski definition) is 4. The highest BCUT2D eigenvalue weighted by atomic mass is 16.5. The maximum Gasteiger partial charge on any atom is 0.290 e. The smallest absolute Gasteiger partial charge is 0.290 e. The molecule has 2 rings (SSSR count). The van der Waals surface area contributed by atoms with Gasteiger partial charge in [-0.3, -0.25) is 9.48 Å². The van der Waals surface area contributed by atoms with Crippen LogP contribution in [0.2, 0.25) is 0 Å². The molecule has 0 unspecified atom stereocenters. The summed E-state index contributed by atoms with van der Waals surface area (Å²) in [5.41, 5.74) is 2.64. The summed E-state index contributed by atoms with van der Waals surface area (Å²) in [6.07, 6.45) is 0.748. The summed E-state index contributed by atoms with van der Waals surface area (Å²) < 4.78 is 6.70. The van der Waals surface area contributed by atoms with Gasteiger partial charge in [-0.1, -0.05) is 12.1 Å². The van der Waals surface area contributed by atoms with Crippen LogP contribution in [0, 0.1) is 6.92 Å². The van der Waals surface area contributed by atoms with E-state index in [0.717, 1.165) is 23.5 Å².